The number of hydrogen-bond acceptors (Lipinski definition) is 3. The Kier molecular flexibility index (Phi) is 5.47. The summed E-state index contributed by atoms with van der Waals surface area (Å²) >= 11 is 8.25. The minimum absolute atomic E-state index is 0.130. The van der Waals surface area contributed by atoms with E-state index < -0.39 is 0 Å². The van der Waals surface area contributed by atoms with Gasteiger partial charge in [0.25, 0.3) is 0 Å². The molecule has 0 aromatic carbocycles. The fourth-order valence-corrected chi connectivity index (χ4v) is 3.62. The highest BCUT2D eigenvalue weighted by Gasteiger charge is 2.22. The molecule has 2 aromatic rings. The maximum Gasteiger partial charge on any atom is 0.0863 e. The van der Waals surface area contributed by atoms with Crippen LogP contribution in [-0.2, 0) is 24.9 Å². The van der Waals surface area contributed by atoms with E-state index >= 15 is 0 Å². The molecule has 1 N–H and O–H groups in total. The zero-order valence-electron chi connectivity index (χ0n) is 13.2. The second-order valence-corrected chi connectivity index (χ2v) is 7.17. The van der Waals surface area contributed by atoms with Crippen molar-refractivity contribution < 1.29 is 0 Å². The molecule has 2 rings (SSSR count). The second kappa shape index (κ2) is 6.95. The Morgan fingerprint density at radius 1 is 1.38 bits per heavy atom. The second-order valence-electron chi connectivity index (χ2n) is 5.84. The average Bonchev–Trinajstić information content (AvgIpc) is 3.08. The first kappa shape index (κ1) is 16.5. The lowest BCUT2D eigenvalue weighted by molar-refractivity contribution is 0.466. The van der Waals surface area contributed by atoms with Gasteiger partial charge in [0.15, 0.2) is 0 Å². The molecular weight excluding hydrogens is 302 g/mol. The van der Waals surface area contributed by atoms with Crippen LogP contribution >= 0.6 is 22.9 Å². The van der Waals surface area contributed by atoms with E-state index in [1.807, 2.05) is 16.0 Å². The monoisotopic (exact) mass is 325 g/mol. The third kappa shape index (κ3) is 3.68. The first-order valence-corrected chi connectivity index (χ1v) is 8.74. The lowest BCUT2D eigenvalue weighted by atomic mass is 9.91. The summed E-state index contributed by atoms with van der Waals surface area (Å²) in [5.41, 5.74) is 2.22. The Morgan fingerprint density at radius 3 is 2.71 bits per heavy atom. The van der Waals surface area contributed by atoms with Crippen molar-refractivity contribution in [1.82, 2.24) is 15.1 Å². The molecule has 116 valence electrons. The number of nitrogens with zero attached hydrogens (tertiary/aromatic N) is 2. The first-order valence-electron chi connectivity index (χ1n) is 7.48. The van der Waals surface area contributed by atoms with Crippen molar-refractivity contribution in [1.29, 1.82) is 0 Å². The molecule has 2 aromatic heterocycles. The number of rotatable bonds is 7. The highest BCUT2D eigenvalue weighted by atomic mass is 35.5. The molecule has 3 nitrogen and oxygen atoms in total. The Labute approximate surface area is 136 Å². The molecule has 0 saturated carbocycles. The Bertz CT molecular complexity index is 573. The third-order valence-corrected chi connectivity index (χ3v) is 5.41. The van der Waals surface area contributed by atoms with Crippen LogP contribution in [0.15, 0.2) is 17.5 Å². The molecule has 0 radical (unpaired) electrons. The van der Waals surface area contributed by atoms with Crippen LogP contribution in [0.5, 0.6) is 0 Å². The van der Waals surface area contributed by atoms with Crippen LogP contribution in [0.2, 0.25) is 5.02 Å². The molecule has 2 heterocycles. The van der Waals surface area contributed by atoms with Gasteiger partial charge in [0.2, 0.25) is 0 Å². The van der Waals surface area contributed by atoms with Crippen LogP contribution in [0.1, 0.15) is 44.0 Å². The molecule has 0 spiro atoms. The molecule has 0 amide bonds. The fraction of sp³-hybridized carbons (Fsp3) is 0.562. The van der Waals surface area contributed by atoms with Crippen molar-refractivity contribution >= 4 is 22.9 Å². The van der Waals surface area contributed by atoms with E-state index in [0.29, 0.717) is 0 Å². The Balaban J connectivity index is 2.02. The van der Waals surface area contributed by atoms with Crippen molar-refractivity contribution in [3.63, 3.8) is 0 Å². The van der Waals surface area contributed by atoms with Gasteiger partial charge in [0.05, 0.1) is 16.4 Å². The standard InChI is InChI=1S/C16H24ClN3S/c1-5-12-15(17)13(20(6-2)19-12)10-18-11-16(3,4)14-8-7-9-21-14/h7-9,18H,5-6,10-11H2,1-4H3. The lowest BCUT2D eigenvalue weighted by Gasteiger charge is -2.24. The van der Waals surface area contributed by atoms with Gasteiger partial charge in [-0.1, -0.05) is 38.4 Å². The first-order chi connectivity index (χ1) is 9.99. The zero-order valence-corrected chi connectivity index (χ0v) is 14.8. The number of nitrogens with one attached hydrogen (secondary N) is 1. The van der Waals surface area contributed by atoms with E-state index in [1.165, 1.54) is 4.88 Å². The topological polar surface area (TPSA) is 29.9 Å². The minimum atomic E-state index is 0.130. The van der Waals surface area contributed by atoms with E-state index in [-0.39, 0.29) is 5.41 Å². The predicted molar refractivity (Wildman–Crippen MR) is 91.3 cm³/mol. The molecule has 0 fully saturated rings. The minimum Gasteiger partial charge on any atom is -0.310 e. The van der Waals surface area contributed by atoms with E-state index in [1.54, 1.807) is 0 Å². The molecule has 0 aliphatic rings. The molecule has 0 unspecified atom stereocenters. The molecule has 0 bridgehead atoms. The number of thiophene rings is 1. The number of aryl methyl sites for hydroxylation is 2. The molecule has 5 heteroatoms. The third-order valence-electron chi connectivity index (χ3n) is 3.74. The summed E-state index contributed by atoms with van der Waals surface area (Å²) in [6.07, 6.45) is 0.875. The molecule has 0 aliphatic carbocycles. The summed E-state index contributed by atoms with van der Waals surface area (Å²) < 4.78 is 2.01. The lowest BCUT2D eigenvalue weighted by Crippen LogP contribution is -2.32. The van der Waals surface area contributed by atoms with E-state index in [4.69, 9.17) is 11.6 Å². The molecule has 0 atom stereocenters. The molecule has 0 aliphatic heterocycles. The molecule has 21 heavy (non-hydrogen) atoms. The van der Waals surface area contributed by atoms with Gasteiger partial charge in [0, 0.05) is 29.9 Å². The summed E-state index contributed by atoms with van der Waals surface area (Å²) in [5.74, 6) is 0. The van der Waals surface area contributed by atoms with Gasteiger partial charge in [-0.15, -0.1) is 11.3 Å². The SMILES string of the molecule is CCc1nn(CC)c(CNCC(C)(C)c2cccs2)c1Cl. The van der Waals surface area contributed by atoms with Crippen LogP contribution in [0.3, 0.4) is 0 Å². The van der Waals surface area contributed by atoms with Gasteiger partial charge >= 0.3 is 0 Å². The largest absolute Gasteiger partial charge is 0.310 e. The van der Waals surface area contributed by atoms with Crippen molar-refractivity contribution in [3.05, 3.63) is 38.8 Å². The van der Waals surface area contributed by atoms with Gasteiger partial charge in [0.1, 0.15) is 0 Å². The van der Waals surface area contributed by atoms with Gasteiger partial charge in [-0.05, 0) is 24.8 Å². The molecular formula is C16H24ClN3S. The Hall–Kier alpha value is -0.840. The maximum absolute atomic E-state index is 6.44. The van der Waals surface area contributed by atoms with Crippen LogP contribution < -0.4 is 5.32 Å². The van der Waals surface area contributed by atoms with Crippen molar-refractivity contribution in [2.45, 2.75) is 52.6 Å². The zero-order chi connectivity index (χ0) is 15.5. The highest BCUT2D eigenvalue weighted by Crippen LogP contribution is 2.27. The van der Waals surface area contributed by atoms with Gasteiger partial charge < -0.3 is 5.32 Å². The normalized spacial score (nSPS) is 12.0. The summed E-state index contributed by atoms with van der Waals surface area (Å²) in [4.78, 5) is 1.40. The van der Waals surface area contributed by atoms with Gasteiger partial charge in [-0.25, -0.2) is 0 Å². The fourth-order valence-electron chi connectivity index (χ4n) is 2.43. The Morgan fingerprint density at radius 2 is 2.14 bits per heavy atom. The van der Waals surface area contributed by atoms with Crippen LogP contribution in [0, 0.1) is 0 Å². The molecule has 0 saturated heterocycles. The van der Waals surface area contributed by atoms with Crippen LogP contribution in [-0.4, -0.2) is 16.3 Å². The highest BCUT2D eigenvalue weighted by molar-refractivity contribution is 7.10. The van der Waals surface area contributed by atoms with Crippen LogP contribution in [0.4, 0.5) is 0 Å². The van der Waals surface area contributed by atoms with E-state index in [0.717, 1.165) is 42.5 Å². The number of hydrogen-bond donors (Lipinski definition) is 1. The van der Waals surface area contributed by atoms with E-state index in [9.17, 15) is 0 Å². The smallest absolute Gasteiger partial charge is 0.0863 e. The van der Waals surface area contributed by atoms with E-state index in [2.05, 4.69) is 55.6 Å². The average molecular weight is 326 g/mol. The van der Waals surface area contributed by atoms with Crippen molar-refractivity contribution in [2.75, 3.05) is 6.54 Å². The van der Waals surface area contributed by atoms with Crippen LogP contribution in [0.25, 0.3) is 0 Å². The summed E-state index contributed by atoms with van der Waals surface area (Å²) in [7, 11) is 0. The van der Waals surface area contributed by atoms with Gasteiger partial charge in [-0.3, -0.25) is 4.68 Å². The summed E-state index contributed by atoms with van der Waals surface area (Å²) in [5, 5.41) is 11.1. The summed E-state index contributed by atoms with van der Waals surface area (Å²) in [6, 6.07) is 4.31. The van der Waals surface area contributed by atoms with Crippen molar-refractivity contribution in [2.24, 2.45) is 0 Å². The number of halogens is 1. The summed E-state index contributed by atoms with van der Waals surface area (Å²) in [6.45, 7) is 11.2. The van der Waals surface area contributed by atoms with Crippen molar-refractivity contribution in [3.8, 4) is 0 Å². The van der Waals surface area contributed by atoms with Gasteiger partial charge in [-0.2, -0.15) is 5.10 Å². The maximum atomic E-state index is 6.44. The predicted octanol–water partition coefficient (Wildman–Crippen LogP) is 4.25. The number of aromatic nitrogens is 2. The quantitative estimate of drug-likeness (QED) is 0.824.